The Morgan fingerprint density at radius 1 is 0.573 bits per heavy atom. The average Bonchev–Trinajstić information content (AvgIpc) is 3.39. The molecule has 4 aliphatic rings. The Kier molecular flexibility index (Phi) is 17.3. The second-order valence-electron chi connectivity index (χ2n) is 18.0. The topological polar surface area (TPSA) is 434 Å². The Balaban J connectivity index is 1.17. The van der Waals surface area contributed by atoms with Gasteiger partial charge in [-0.25, -0.2) is 4.79 Å². The molecule has 4 saturated heterocycles. The molecule has 4 aliphatic heterocycles. The van der Waals surface area contributed by atoms with E-state index in [-0.39, 0.29) is 17.1 Å². The summed E-state index contributed by atoms with van der Waals surface area (Å²) in [5.74, 6) is -4.02. The highest BCUT2D eigenvalue weighted by Gasteiger charge is 2.54. The van der Waals surface area contributed by atoms with Crippen LogP contribution >= 0.6 is 0 Å². The third kappa shape index (κ3) is 11.6. The van der Waals surface area contributed by atoms with E-state index in [2.05, 4.69) is 0 Å². The summed E-state index contributed by atoms with van der Waals surface area (Å²) in [6.45, 7) is -1.42. The van der Waals surface area contributed by atoms with Crippen LogP contribution in [0.2, 0.25) is 0 Å². The molecule has 20 atom stereocenters. The number of ether oxygens (including phenoxy) is 9. The van der Waals surface area contributed by atoms with Gasteiger partial charge in [0, 0.05) is 23.8 Å². The monoisotopic (exact) mass is 1060 g/mol. The van der Waals surface area contributed by atoms with E-state index in [1.165, 1.54) is 61.5 Å². The third-order valence-corrected chi connectivity index (χ3v) is 12.9. The van der Waals surface area contributed by atoms with E-state index in [1.807, 2.05) is 0 Å². The molecule has 8 rings (SSSR count). The molecule has 4 fully saturated rings. The molecule has 0 radical (unpaired) electrons. The SMILES string of the molecule is C[C@@H]1O[C@@H](O[C@H]2[C@H](Oc3c(-c4ccc(O)cc4)oc4cc(O[C@@H]5O[C@H](CO)[C@@H](O)[C@H](O[C@@H]6O[C@H](CO)[C@@H](O)[C@H](O)[C@H]6O)[C@H]5OC(=O)C=Cc5ccc(O)cc5)cc(O)c4c3=O)O[C@H](CO)[C@@H](O)[C@@H]2O)[C@H](O)[C@H](O)[C@H]1O. The van der Waals surface area contributed by atoms with Crippen molar-refractivity contribution in [1.82, 2.24) is 0 Å². The molecule has 75 heavy (non-hydrogen) atoms. The van der Waals surface area contributed by atoms with Crippen LogP contribution in [0.5, 0.6) is 28.7 Å². The van der Waals surface area contributed by atoms with Gasteiger partial charge in [-0.3, -0.25) is 4.79 Å². The number of benzene rings is 3. The number of rotatable bonds is 15. The first-order valence-electron chi connectivity index (χ1n) is 23.3. The molecule has 5 heterocycles. The van der Waals surface area contributed by atoms with Gasteiger partial charge in [0.05, 0.1) is 25.9 Å². The molecule has 3 aromatic carbocycles. The first kappa shape index (κ1) is 55.6. The van der Waals surface area contributed by atoms with E-state index in [0.717, 1.165) is 18.2 Å². The second kappa shape index (κ2) is 23.3. The van der Waals surface area contributed by atoms with Gasteiger partial charge < -0.3 is 124 Å². The van der Waals surface area contributed by atoms with Crippen LogP contribution in [0.25, 0.3) is 28.4 Å². The van der Waals surface area contributed by atoms with Crippen LogP contribution < -0.4 is 14.9 Å². The molecule has 0 aliphatic carbocycles. The molecule has 0 spiro atoms. The maximum absolute atomic E-state index is 14.7. The molecule has 1 aromatic heterocycles. The zero-order chi connectivity index (χ0) is 54.2. The highest BCUT2D eigenvalue weighted by atomic mass is 16.8. The largest absolute Gasteiger partial charge is 0.508 e. The molecule has 410 valence electrons. The van der Waals surface area contributed by atoms with Crippen molar-refractivity contribution in [3.63, 3.8) is 0 Å². The summed E-state index contributed by atoms with van der Waals surface area (Å²) in [6, 6.07) is 12.4. The predicted molar refractivity (Wildman–Crippen MR) is 245 cm³/mol. The van der Waals surface area contributed by atoms with Crippen molar-refractivity contribution in [1.29, 1.82) is 0 Å². The predicted octanol–water partition coefficient (Wildman–Crippen LogP) is -4.13. The van der Waals surface area contributed by atoms with Gasteiger partial charge >= 0.3 is 5.97 Å². The quantitative estimate of drug-likeness (QED) is 0.0397. The molecule has 0 bridgehead atoms. The fraction of sp³-hybridized carbons (Fsp3) is 0.500. The number of carbonyl (C=O) groups is 1. The lowest BCUT2D eigenvalue weighted by Gasteiger charge is -2.46. The summed E-state index contributed by atoms with van der Waals surface area (Å²) in [5, 5.41) is 158. The smallest absolute Gasteiger partial charge is 0.331 e. The molecular weight excluding hydrogens is 1010 g/mol. The number of esters is 1. The number of aromatic hydroxyl groups is 3. The van der Waals surface area contributed by atoms with Crippen molar-refractivity contribution in [2.75, 3.05) is 19.8 Å². The Morgan fingerprint density at radius 2 is 1.09 bits per heavy atom. The molecule has 15 N–H and O–H groups in total. The van der Waals surface area contributed by atoms with E-state index in [9.17, 15) is 86.2 Å². The zero-order valence-corrected chi connectivity index (χ0v) is 39.2. The maximum atomic E-state index is 14.7. The minimum absolute atomic E-state index is 0.00746. The first-order valence-corrected chi connectivity index (χ1v) is 23.3. The minimum atomic E-state index is -2.05. The highest BCUT2D eigenvalue weighted by molar-refractivity contribution is 5.89. The molecule has 27 heteroatoms. The van der Waals surface area contributed by atoms with Gasteiger partial charge in [-0.2, -0.15) is 0 Å². The number of phenolic OH excluding ortho intramolecular Hbond substituents is 3. The molecule has 0 saturated carbocycles. The standard InChI is InChI=1S/C48H56O27/c1-17-30(56)35(61)38(64)45(66-17)75-43-37(63)32(58)26(15-50)70-47(43)74-42-34(60)29-23(54)12-22(13-24(29)68-40(42)19-5-9-21(53)10-6-19)67-48-44(72-28(55)11-4-18-2-7-20(52)8-3-18)41(33(59)27(16-51)71-48)73-46-39(65)36(62)31(57)25(14-49)69-46/h2-13,17,25-27,30-33,35-39,41,43-54,56-59,61-65H,14-16H2,1H3/t17-,25+,26+,27+,30-,31+,32+,33+,35+,36-,37-,38+,39+,41-,43+,44+,45-,46-,47-,48+/m0/s1. The van der Waals surface area contributed by atoms with E-state index in [0.29, 0.717) is 5.56 Å². The van der Waals surface area contributed by atoms with E-state index < -0.39 is 188 Å². The lowest BCUT2D eigenvalue weighted by Crippen LogP contribution is -2.65. The second-order valence-corrected chi connectivity index (χ2v) is 18.0. The van der Waals surface area contributed by atoms with Crippen LogP contribution in [-0.2, 0) is 38.0 Å². The number of aliphatic hydroxyl groups is 12. The fourth-order valence-electron chi connectivity index (χ4n) is 8.74. The molecular formula is C48H56O27. The number of fused-ring (bicyclic) bond motifs is 1. The summed E-state index contributed by atoms with van der Waals surface area (Å²) in [7, 11) is 0. The highest BCUT2D eigenvalue weighted by Crippen LogP contribution is 2.40. The van der Waals surface area contributed by atoms with Crippen LogP contribution in [0.15, 0.2) is 76.0 Å². The lowest BCUT2D eigenvalue weighted by molar-refractivity contribution is -0.354. The number of hydrogen-bond donors (Lipinski definition) is 15. The third-order valence-electron chi connectivity index (χ3n) is 12.9. The summed E-state index contributed by atoms with van der Waals surface area (Å²) in [5.41, 5.74) is -1.21. The van der Waals surface area contributed by atoms with Gasteiger partial charge in [0.2, 0.25) is 23.8 Å². The number of hydrogen-bond acceptors (Lipinski definition) is 27. The molecule has 4 aromatic rings. The van der Waals surface area contributed by atoms with Gasteiger partial charge in [0.1, 0.15) is 113 Å². The van der Waals surface area contributed by atoms with Crippen molar-refractivity contribution in [3.05, 3.63) is 82.5 Å². The van der Waals surface area contributed by atoms with Gasteiger partial charge in [0.25, 0.3) is 0 Å². The van der Waals surface area contributed by atoms with Crippen LogP contribution in [0.3, 0.4) is 0 Å². The van der Waals surface area contributed by atoms with Crippen LogP contribution in [0.4, 0.5) is 0 Å². The number of phenols is 3. The normalized spacial score (nSPS) is 36.3. The van der Waals surface area contributed by atoms with Gasteiger partial charge in [-0.15, -0.1) is 0 Å². The van der Waals surface area contributed by atoms with Crippen molar-refractivity contribution in [2.45, 2.75) is 130 Å². The van der Waals surface area contributed by atoms with Gasteiger partial charge in [-0.05, 0) is 55.0 Å². The van der Waals surface area contributed by atoms with Crippen molar-refractivity contribution >= 4 is 23.0 Å². The van der Waals surface area contributed by atoms with Crippen LogP contribution in [-0.4, -0.2) is 225 Å². The van der Waals surface area contributed by atoms with Crippen molar-refractivity contribution in [2.24, 2.45) is 0 Å². The fourth-order valence-corrected chi connectivity index (χ4v) is 8.74. The van der Waals surface area contributed by atoms with E-state index in [4.69, 9.17) is 47.0 Å². The summed E-state index contributed by atoms with van der Waals surface area (Å²) in [6.07, 6.45) is -34.2. The van der Waals surface area contributed by atoms with Crippen molar-refractivity contribution < 1.29 is 128 Å². The first-order chi connectivity index (χ1) is 35.7. The van der Waals surface area contributed by atoms with Gasteiger partial charge in [0.15, 0.2) is 30.5 Å². The summed E-state index contributed by atoms with van der Waals surface area (Å²) >= 11 is 0. The van der Waals surface area contributed by atoms with E-state index in [1.54, 1.807) is 0 Å². The Hall–Kier alpha value is -5.64. The maximum Gasteiger partial charge on any atom is 0.331 e. The van der Waals surface area contributed by atoms with Crippen molar-refractivity contribution in [3.8, 4) is 40.1 Å². The van der Waals surface area contributed by atoms with Gasteiger partial charge in [-0.1, -0.05) is 12.1 Å². The Labute approximate surface area is 422 Å². The van der Waals surface area contributed by atoms with Crippen LogP contribution in [0.1, 0.15) is 12.5 Å². The minimum Gasteiger partial charge on any atom is -0.508 e. The number of carbonyl (C=O) groups excluding carboxylic acids is 1. The Morgan fingerprint density at radius 3 is 1.71 bits per heavy atom. The van der Waals surface area contributed by atoms with Crippen LogP contribution in [0, 0.1) is 0 Å². The summed E-state index contributed by atoms with van der Waals surface area (Å²) < 4.78 is 58.4. The summed E-state index contributed by atoms with van der Waals surface area (Å²) in [4.78, 5) is 28.2. The zero-order valence-electron chi connectivity index (χ0n) is 39.2. The average molecular weight is 1060 g/mol. The van der Waals surface area contributed by atoms with E-state index >= 15 is 0 Å². The molecule has 0 unspecified atom stereocenters. The molecule has 0 amide bonds. The Bertz CT molecular complexity index is 2660. The number of aliphatic hydroxyl groups excluding tert-OH is 12. The molecule has 27 nitrogen and oxygen atoms in total. The lowest BCUT2D eigenvalue weighted by atomic mass is 9.96.